The first kappa shape index (κ1) is 10.0. The molecule has 72 valence electrons. The third-order valence-corrected chi connectivity index (χ3v) is 2.62. The van der Waals surface area contributed by atoms with E-state index in [0.29, 0.717) is 0 Å². The van der Waals surface area contributed by atoms with Gasteiger partial charge in [-0.1, -0.05) is 13.8 Å². The summed E-state index contributed by atoms with van der Waals surface area (Å²) in [5, 5.41) is 9.46. The highest BCUT2D eigenvalue weighted by molar-refractivity contribution is 4.98. The second-order valence-corrected chi connectivity index (χ2v) is 5.29. The van der Waals surface area contributed by atoms with Gasteiger partial charge in [-0.3, -0.25) is 0 Å². The van der Waals surface area contributed by atoms with Gasteiger partial charge in [0.1, 0.15) is 0 Å². The van der Waals surface area contributed by atoms with E-state index in [9.17, 15) is 5.11 Å². The summed E-state index contributed by atoms with van der Waals surface area (Å²) in [6.07, 6.45) is 0.807. The van der Waals surface area contributed by atoms with Crippen LogP contribution in [0.5, 0.6) is 0 Å². The molecule has 0 amide bonds. The second kappa shape index (κ2) is 2.71. The first-order chi connectivity index (χ1) is 5.23. The monoisotopic (exact) mass is 172 g/mol. The molecule has 0 saturated heterocycles. The van der Waals surface area contributed by atoms with Crippen molar-refractivity contribution in [3.63, 3.8) is 0 Å². The molecule has 12 heavy (non-hydrogen) atoms. The van der Waals surface area contributed by atoms with Crippen molar-refractivity contribution in [1.29, 1.82) is 0 Å². The minimum absolute atomic E-state index is 0.0622. The molecule has 0 aromatic heterocycles. The largest absolute Gasteiger partial charge is 0.392 e. The maximum Gasteiger partial charge on any atom is 0.0682 e. The molecule has 1 saturated carbocycles. The number of rotatable bonds is 1. The molecule has 0 spiro atoms. The normalized spacial score (nSPS) is 34.5. The standard InChI is InChI=1S/C10H20O2/c1-9(2,3)12-8-6-7(11)10(8,4)5/h7-8,11H,6H2,1-5H3/t7-,8-/m1/s1. The zero-order valence-electron chi connectivity index (χ0n) is 8.72. The van der Waals surface area contributed by atoms with Crippen LogP contribution >= 0.6 is 0 Å². The molecule has 0 radical (unpaired) electrons. The lowest BCUT2D eigenvalue weighted by Crippen LogP contribution is -2.56. The van der Waals surface area contributed by atoms with Crippen molar-refractivity contribution in [2.75, 3.05) is 0 Å². The summed E-state index contributed by atoms with van der Waals surface area (Å²) in [4.78, 5) is 0. The Morgan fingerprint density at radius 1 is 1.33 bits per heavy atom. The van der Waals surface area contributed by atoms with E-state index in [-0.39, 0.29) is 23.2 Å². The van der Waals surface area contributed by atoms with Gasteiger partial charge in [-0.05, 0) is 20.8 Å². The highest BCUT2D eigenvalue weighted by Gasteiger charge is 2.49. The fraction of sp³-hybridized carbons (Fsp3) is 1.00. The Kier molecular flexibility index (Phi) is 2.26. The average Bonchev–Trinajstić information content (AvgIpc) is 1.84. The van der Waals surface area contributed by atoms with Crippen LogP contribution < -0.4 is 0 Å². The van der Waals surface area contributed by atoms with Gasteiger partial charge in [-0.2, -0.15) is 0 Å². The molecular weight excluding hydrogens is 152 g/mol. The van der Waals surface area contributed by atoms with E-state index in [1.807, 2.05) is 20.8 Å². The first-order valence-electron chi connectivity index (χ1n) is 4.59. The molecule has 0 bridgehead atoms. The SMILES string of the molecule is CC(C)(C)O[C@@H]1C[C@@H](O)C1(C)C. The first-order valence-corrected chi connectivity index (χ1v) is 4.59. The van der Waals surface area contributed by atoms with E-state index in [1.54, 1.807) is 0 Å². The van der Waals surface area contributed by atoms with Crippen LogP contribution in [0.15, 0.2) is 0 Å². The molecule has 2 heteroatoms. The molecule has 2 atom stereocenters. The molecular formula is C10H20O2. The predicted molar refractivity (Wildman–Crippen MR) is 49.0 cm³/mol. The van der Waals surface area contributed by atoms with E-state index >= 15 is 0 Å². The summed E-state index contributed by atoms with van der Waals surface area (Å²) in [5.74, 6) is 0. The lowest BCUT2D eigenvalue weighted by molar-refractivity contribution is -0.212. The maximum absolute atomic E-state index is 9.46. The third-order valence-electron chi connectivity index (χ3n) is 2.62. The van der Waals surface area contributed by atoms with E-state index in [1.165, 1.54) is 0 Å². The van der Waals surface area contributed by atoms with Crippen molar-refractivity contribution in [3.8, 4) is 0 Å². The van der Waals surface area contributed by atoms with Crippen molar-refractivity contribution in [2.24, 2.45) is 5.41 Å². The van der Waals surface area contributed by atoms with Crippen LogP contribution in [0, 0.1) is 5.41 Å². The van der Waals surface area contributed by atoms with Crippen molar-refractivity contribution in [1.82, 2.24) is 0 Å². The molecule has 1 aliphatic rings. The van der Waals surface area contributed by atoms with Crippen LogP contribution in [0.3, 0.4) is 0 Å². The van der Waals surface area contributed by atoms with Gasteiger partial charge in [0.25, 0.3) is 0 Å². The van der Waals surface area contributed by atoms with Crippen LogP contribution in [0.2, 0.25) is 0 Å². The van der Waals surface area contributed by atoms with Crippen molar-refractivity contribution < 1.29 is 9.84 Å². The zero-order valence-corrected chi connectivity index (χ0v) is 8.72. The van der Waals surface area contributed by atoms with Crippen LogP contribution in [0.25, 0.3) is 0 Å². The molecule has 1 fully saturated rings. The molecule has 1 rings (SSSR count). The van der Waals surface area contributed by atoms with Gasteiger partial charge in [-0.25, -0.2) is 0 Å². The predicted octanol–water partition coefficient (Wildman–Crippen LogP) is 1.96. The van der Waals surface area contributed by atoms with Crippen LogP contribution in [0.1, 0.15) is 41.0 Å². The Hall–Kier alpha value is -0.0800. The van der Waals surface area contributed by atoms with Gasteiger partial charge >= 0.3 is 0 Å². The smallest absolute Gasteiger partial charge is 0.0682 e. The van der Waals surface area contributed by atoms with Gasteiger partial charge in [-0.15, -0.1) is 0 Å². The van der Waals surface area contributed by atoms with Crippen LogP contribution in [0.4, 0.5) is 0 Å². The lowest BCUT2D eigenvalue weighted by Gasteiger charge is -2.50. The van der Waals surface area contributed by atoms with E-state index in [4.69, 9.17) is 4.74 Å². The molecule has 0 aromatic carbocycles. The molecule has 0 aromatic rings. The van der Waals surface area contributed by atoms with Gasteiger partial charge in [0.2, 0.25) is 0 Å². The minimum atomic E-state index is -0.190. The highest BCUT2D eigenvalue weighted by Crippen LogP contribution is 2.44. The van der Waals surface area contributed by atoms with Gasteiger partial charge in [0.05, 0.1) is 17.8 Å². The van der Waals surface area contributed by atoms with Crippen LogP contribution in [-0.2, 0) is 4.74 Å². The number of aliphatic hydroxyl groups excluding tert-OH is 1. The second-order valence-electron chi connectivity index (χ2n) is 5.29. The highest BCUT2D eigenvalue weighted by atomic mass is 16.5. The Morgan fingerprint density at radius 3 is 2.08 bits per heavy atom. The van der Waals surface area contributed by atoms with E-state index < -0.39 is 0 Å². The fourth-order valence-electron chi connectivity index (χ4n) is 1.49. The van der Waals surface area contributed by atoms with E-state index in [2.05, 4.69) is 13.8 Å². The van der Waals surface area contributed by atoms with Gasteiger partial charge < -0.3 is 9.84 Å². The number of aliphatic hydroxyl groups is 1. The molecule has 1 N–H and O–H groups in total. The van der Waals surface area contributed by atoms with Crippen molar-refractivity contribution in [2.45, 2.75) is 58.8 Å². The Balaban J connectivity index is 2.48. The van der Waals surface area contributed by atoms with Crippen molar-refractivity contribution in [3.05, 3.63) is 0 Å². The number of ether oxygens (including phenoxy) is 1. The minimum Gasteiger partial charge on any atom is -0.392 e. The third kappa shape index (κ3) is 1.80. The molecule has 0 heterocycles. The van der Waals surface area contributed by atoms with E-state index in [0.717, 1.165) is 6.42 Å². The Bertz CT molecular complexity index is 167. The summed E-state index contributed by atoms with van der Waals surface area (Å²) >= 11 is 0. The Morgan fingerprint density at radius 2 is 1.83 bits per heavy atom. The topological polar surface area (TPSA) is 29.5 Å². The van der Waals surface area contributed by atoms with Gasteiger partial charge in [0.15, 0.2) is 0 Å². The Labute approximate surface area is 74.9 Å². The summed E-state index contributed by atoms with van der Waals surface area (Å²) in [7, 11) is 0. The van der Waals surface area contributed by atoms with Crippen molar-refractivity contribution >= 4 is 0 Å². The maximum atomic E-state index is 9.46. The summed E-state index contributed by atoms with van der Waals surface area (Å²) < 4.78 is 5.80. The van der Waals surface area contributed by atoms with Gasteiger partial charge in [0, 0.05) is 11.8 Å². The quantitative estimate of drug-likeness (QED) is 0.655. The summed E-state index contributed by atoms with van der Waals surface area (Å²) in [5.41, 5.74) is -0.157. The fourth-order valence-corrected chi connectivity index (χ4v) is 1.49. The lowest BCUT2D eigenvalue weighted by atomic mass is 9.66. The zero-order chi connectivity index (χ0) is 9.57. The molecule has 0 aliphatic heterocycles. The molecule has 0 unspecified atom stereocenters. The molecule has 2 nitrogen and oxygen atoms in total. The number of hydrogen-bond acceptors (Lipinski definition) is 2. The molecule has 1 aliphatic carbocycles. The summed E-state index contributed by atoms with van der Waals surface area (Å²) in [6, 6.07) is 0. The van der Waals surface area contributed by atoms with Crippen LogP contribution in [-0.4, -0.2) is 22.9 Å². The average molecular weight is 172 g/mol. The number of hydrogen-bond donors (Lipinski definition) is 1. The summed E-state index contributed by atoms with van der Waals surface area (Å²) in [6.45, 7) is 10.3.